The second-order valence-electron chi connectivity index (χ2n) is 2.95. The summed E-state index contributed by atoms with van der Waals surface area (Å²) < 4.78 is 15.8. The Morgan fingerprint density at radius 1 is 1.55 bits per heavy atom. The van der Waals surface area contributed by atoms with Crippen LogP contribution >= 0.6 is 0 Å². The van der Waals surface area contributed by atoms with Crippen molar-refractivity contribution in [2.24, 2.45) is 0 Å². The molecule has 1 aliphatic rings. The average Bonchev–Trinajstić information content (AvgIpc) is 2.32. The van der Waals surface area contributed by atoms with Gasteiger partial charge in [0.1, 0.15) is 14.0 Å². The van der Waals surface area contributed by atoms with Gasteiger partial charge in [-0.1, -0.05) is 0 Å². The van der Waals surface area contributed by atoms with Crippen molar-refractivity contribution in [1.82, 2.24) is 0 Å². The quantitative estimate of drug-likeness (QED) is 0.513. The Labute approximate surface area is 68.4 Å². The predicted octanol–water partition coefficient (Wildman–Crippen LogP) is -0.604. The highest BCUT2D eigenvalue weighted by Crippen LogP contribution is 2.20. The van der Waals surface area contributed by atoms with Crippen LogP contribution in [0.4, 0.5) is 0 Å². The van der Waals surface area contributed by atoms with Crippen LogP contribution in [-0.4, -0.2) is 46.9 Å². The van der Waals surface area contributed by atoms with Crippen molar-refractivity contribution in [3.05, 3.63) is 0 Å². The summed E-state index contributed by atoms with van der Waals surface area (Å²) in [6.45, 7) is 0.628. The van der Waals surface area contributed by atoms with Crippen molar-refractivity contribution < 1.29 is 14.2 Å². The average molecular weight is 158 g/mol. The van der Waals surface area contributed by atoms with Crippen LogP contribution in [0.3, 0.4) is 0 Å². The third-order valence-corrected chi connectivity index (χ3v) is 2.02. The number of rotatable bonds is 3. The molecule has 4 heteroatoms. The summed E-state index contributed by atoms with van der Waals surface area (Å²) in [6, 6.07) is 0.306. The van der Waals surface area contributed by atoms with E-state index >= 15 is 0 Å². The van der Waals surface area contributed by atoms with E-state index in [4.69, 9.17) is 14.2 Å². The van der Waals surface area contributed by atoms with Crippen molar-refractivity contribution in [2.75, 3.05) is 20.8 Å². The van der Waals surface area contributed by atoms with Crippen LogP contribution in [0.15, 0.2) is 0 Å². The van der Waals surface area contributed by atoms with Crippen LogP contribution in [0.1, 0.15) is 6.42 Å². The molecule has 1 saturated heterocycles. The Bertz CT molecular complexity index is 120. The summed E-state index contributed by atoms with van der Waals surface area (Å²) in [7, 11) is 5.45. The van der Waals surface area contributed by atoms with Crippen LogP contribution in [0, 0.1) is 0 Å². The molecule has 1 aliphatic heterocycles. The molecule has 0 spiro atoms. The van der Waals surface area contributed by atoms with Gasteiger partial charge in [-0.3, -0.25) is 0 Å². The lowest BCUT2D eigenvalue weighted by molar-refractivity contribution is -0.0315. The third kappa shape index (κ3) is 2.19. The summed E-state index contributed by atoms with van der Waals surface area (Å²) in [6.07, 6.45) is 1.31. The number of methoxy groups -OCH3 is 2. The molecule has 0 radical (unpaired) electrons. The van der Waals surface area contributed by atoms with Gasteiger partial charge in [-0.25, -0.2) is 0 Å². The zero-order valence-corrected chi connectivity index (χ0v) is 7.37. The van der Waals surface area contributed by atoms with Gasteiger partial charge in [0.15, 0.2) is 0 Å². The maximum absolute atomic E-state index is 5.56. The first-order chi connectivity index (χ1) is 5.27. The molecule has 0 aromatic heterocycles. The normalized spacial score (nSPS) is 37.8. The first-order valence-electron chi connectivity index (χ1n) is 3.95. The van der Waals surface area contributed by atoms with E-state index in [0.717, 1.165) is 6.42 Å². The largest absolute Gasteiger partial charge is 0.382 e. The highest BCUT2D eigenvalue weighted by Gasteiger charge is 2.32. The van der Waals surface area contributed by atoms with E-state index in [-0.39, 0.29) is 12.2 Å². The van der Waals surface area contributed by atoms with Crippen molar-refractivity contribution in [3.63, 3.8) is 0 Å². The van der Waals surface area contributed by atoms with Gasteiger partial charge in [-0.2, -0.15) is 0 Å². The predicted molar refractivity (Wildman–Crippen MR) is 44.5 cm³/mol. The smallest absolute Gasteiger partial charge is 0.139 e. The molecule has 1 rings (SSSR count). The summed E-state index contributed by atoms with van der Waals surface area (Å²) in [4.78, 5) is 0. The Hall–Kier alpha value is -0.0551. The summed E-state index contributed by atoms with van der Waals surface area (Å²) in [5.74, 6) is 0. The summed E-state index contributed by atoms with van der Waals surface area (Å²) in [5.41, 5.74) is 0. The SMILES string of the molecule is B[C@H]1CC(OC)[C@@H](COC)O1. The highest BCUT2D eigenvalue weighted by molar-refractivity contribution is 6.11. The van der Waals surface area contributed by atoms with Crippen molar-refractivity contribution >= 4 is 7.85 Å². The highest BCUT2D eigenvalue weighted by atomic mass is 16.6. The minimum absolute atomic E-state index is 0.125. The van der Waals surface area contributed by atoms with Gasteiger partial charge in [0.2, 0.25) is 0 Å². The molecule has 0 saturated carbocycles. The van der Waals surface area contributed by atoms with E-state index < -0.39 is 0 Å². The van der Waals surface area contributed by atoms with Crippen molar-refractivity contribution in [1.29, 1.82) is 0 Å². The monoisotopic (exact) mass is 158 g/mol. The van der Waals surface area contributed by atoms with Gasteiger partial charge in [0.05, 0.1) is 12.7 Å². The number of ether oxygens (including phenoxy) is 3. The molecule has 3 nitrogen and oxygen atoms in total. The first-order valence-corrected chi connectivity index (χ1v) is 3.95. The lowest BCUT2D eigenvalue weighted by atomic mass is 9.96. The molecule has 3 atom stereocenters. The van der Waals surface area contributed by atoms with Gasteiger partial charge >= 0.3 is 0 Å². The zero-order chi connectivity index (χ0) is 8.27. The molecule has 0 N–H and O–H groups in total. The van der Waals surface area contributed by atoms with Crippen LogP contribution in [0.2, 0.25) is 0 Å². The second-order valence-corrected chi connectivity index (χ2v) is 2.95. The lowest BCUT2D eigenvalue weighted by Gasteiger charge is -2.15. The van der Waals surface area contributed by atoms with Gasteiger partial charge in [0, 0.05) is 20.2 Å². The van der Waals surface area contributed by atoms with Gasteiger partial charge in [-0.15, -0.1) is 0 Å². The Kier molecular flexibility index (Phi) is 3.36. The van der Waals surface area contributed by atoms with E-state index in [0.29, 0.717) is 12.6 Å². The molecule has 0 amide bonds. The maximum Gasteiger partial charge on any atom is 0.139 e. The van der Waals surface area contributed by atoms with E-state index in [1.165, 1.54) is 0 Å². The van der Waals surface area contributed by atoms with Crippen LogP contribution in [0.25, 0.3) is 0 Å². The molecule has 0 aromatic rings. The zero-order valence-electron chi connectivity index (χ0n) is 7.37. The fourth-order valence-electron chi connectivity index (χ4n) is 1.48. The summed E-state index contributed by atoms with van der Waals surface area (Å²) >= 11 is 0. The van der Waals surface area contributed by atoms with E-state index in [9.17, 15) is 0 Å². The van der Waals surface area contributed by atoms with E-state index in [1.54, 1.807) is 14.2 Å². The van der Waals surface area contributed by atoms with Gasteiger partial charge < -0.3 is 14.2 Å². The maximum atomic E-state index is 5.56. The fraction of sp³-hybridized carbons (Fsp3) is 1.00. The van der Waals surface area contributed by atoms with Gasteiger partial charge in [0.25, 0.3) is 0 Å². The van der Waals surface area contributed by atoms with E-state index in [2.05, 4.69) is 7.85 Å². The first kappa shape index (κ1) is 9.04. The summed E-state index contributed by atoms with van der Waals surface area (Å²) in [5, 5.41) is 0. The van der Waals surface area contributed by atoms with Crippen molar-refractivity contribution in [2.45, 2.75) is 24.6 Å². The van der Waals surface area contributed by atoms with Gasteiger partial charge in [-0.05, 0) is 6.42 Å². The van der Waals surface area contributed by atoms with Crippen LogP contribution in [-0.2, 0) is 14.2 Å². The number of hydrogen-bond donors (Lipinski definition) is 0. The molecular formula is C7H15BO3. The molecule has 0 bridgehead atoms. The molecule has 0 aliphatic carbocycles. The van der Waals surface area contributed by atoms with E-state index in [1.807, 2.05) is 0 Å². The molecule has 1 heterocycles. The minimum Gasteiger partial charge on any atom is -0.382 e. The second kappa shape index (κ2) is 4.09. The standard InChI is InChI=1S/C7H15BO3/c1-9-4-6-5(10-2)3-7(8)11-6/h5-7H,3-4,8H2,1-2H3/t5?,6-,7-/m1/s1. The van der Waals surface area contributed by atoms with Crippen molar-refractivity contribution in [3.8, 4) is 0 Å². The molecule has 1 fully saturated rings. The third-order valence-electron chi connectivity index (χ3n) is 2.02. The lowest BCUT2D eigenvalue weighted by Crippen LogP contribution is -2.27. The molecule has 11 heavy (non-hydrogen) atoms. The Balaban J connectivity index is 2.37. The Morgan fingerprint density at radius 2 is 2.27 bits per heavy atom. The molecule has 1 unspecified atom stereocenters. The Morgan fingerprint density at radius 3 is 2.82 bits per heavy atom. The minimum atomic E-state index is 0.125. The number of hydrogen-bond acceptors (Lipinski definition) is 3. The molecule has 0 aromatic carbocycles. The van der Waals surface area contributed by atoms with Crippen LogP contribution in [0.5, 0.6) is 0 Å². The molecular weight excluding hydrogens is 143 g/mol. The topological polar surface area (TPSA) is 27.7 Å². The van der Waals surface area contributed by atoms with Crippen LogP contribution < -0.4 is 0 Å². The fourth-order valence-corrected chi connectivity index (χ4v) is 1.48. The molecule has 64 valence electrons.